The number of hydrogen-bond donors (Lipinski definition) is 2. The van der Waals surface area contributed by atoms with E-state index in [1.165, 1.54) is 12.1 Å². The molecule has 2 amide bonds. The molecular weight excluding hydrogens is 232 g/mol. The molecule has 1 atom stereocenters. The standard InChI is InChI=1S/C13H18N2O3/c1-10(16)15-12(9-18-2)13(17)14-8-11-6-4-3-5-7-11/h3-7,12H,8-9H2,1-2H3,(H,14,17)(H,15,16)/i1D3,8D2,9D2. The van der Waals surface area contributed by atoms with Crippen LogP contribution in [-0.2, 0) is 20.8 Å². The van der Waals surface area contributed by atoms with Gasteiger partial charge in [-0.1, -0.05) is 30.3 Å². The normalized spacial score (nSPS) is 19.7. The van der Waals surface area contributed by atoms with Gasteiger partial charge in [0.05, 0.1) is 12.0 Å². The molecule has 0 fully saturated rings. The molecule has 0 aliphatic rings. The summed E-state index contributed by atoms with van der Waals surface area (Å²) < 4.78 is 56.6. The van der Waals surface area contributed by atoms with Gasteiger partial charge in [-0.25, -0.2) is 0 Å². The Kier molecular flexibility index (Phi) is 2.85. The number of carbonyl (C=O) groups is 2. The lowest BCUT2D eigenvalue weighted by atomic mass is 10.2. The van der Waals surface area contributed by atoms with Gasteiger partial charge in [-0.2, -0.15) is 0 Å². The fourth-order valence-corrected chi connectivity index (χ4v) is 1.12. The van der Waals surface area contributed by atoms with Crippen molar-refractivity contribution in [3.63, 3.8) is 0 Å². The number of rotatable bonds is 6. The van der Waals surface area contributed by atoms with Gasteiger partial charge in [0.25, 0.3) is 0 Å². The first-order valence-corrected chi connectivity index (χ1v) is 5.05. The number of nitrogens with one attached hydrogen (secondary N) is 2. The number of benzene rings is 1. The van der Waals surface area contributed by atoms with Crippen molar-refractivity contribution in [2.75, 3.05) is 13.7 Å². The number of hydrogen-bond acceptors (Lipinski definition) is 3. The van der Waals surface area contributed by atoms with Crippen molar-refractivity contribution < 1.29 is 23.9 Å². The molecule has 0 aliphatic heterocycles. The van der Waals surface area contributed by atoms with Crippen molar-refractivity contribution in [1.82, 2.24) is 10.6 Å². The van der Waals surface area contributed by atoms with E-state index in [1.54, 1.807) is 23.5 Å². The minimum absolute atomic E-state index is 0.0854. The Morgan fingerprint density at radius 1 is 1.44 bits per heavy atom. The highest BCUT2D eigenvalue weighted by Crippen LogP contribution is 1.97. The highest BCUT2D eigenvalue weighted by molar-refractivity contribution is 5.86. The molecule has 0 saturated heterocycles. The molecule has 0 aliphatic carbocycles. The summed E-state index contributed by atoms with van der Waals surface area (Å²) in [5.41, 5.74) is 0.0854. The molecule has 0 aromatic heterocycles. The van der Waals surface area contributed by atoms with Gasteiger partial charge in [0.15, 0.2) is 0 Å². The zero-order valence-electron chi connectivity index (χ0n) is 16.7. The van der Waals surface area contributed by atoms with E-state index >= 15 is 0 Å². The molecule has 1 rings (SSSR count). The second-order valence-corrected chi connectivity index (χ2v) is 3.21. The second-order valence-electron chi connectivity index (χ2n) is 3.21. The molecule has 1 unspecified atom stereocenters. The smallest absolute Gasteiger partial charge is 0.245 e. The first kappa shape index (κ1) is 6.89. The van der Waals surface area contributed by atoms with Crippen LogP contribution in [0.25, 0.3) is 0 Å². The van der Waals surface area contributed by atoms with Gasteiger partial charge in [0.2, 0.25) is 11.8 Å². The number of carbonyl (C=O) groups excluding carboxylic acids is 2. The van der Waals surface area contributed by atoms with Crippen LogP contribution in [-0.4, -0.2) is 31.5 Å². The van der Waals surface area contributed by atoms with Crippen LogP contribution in [0, 0.1) is 0 Å². The van der Waals surface area contributed by atoms with Crippen LogP contribution in [0.2, 0.25) is 0 Å². The average molecular weight is 257 g/mol. The molecule has 0 heterocycles. The summed E-state index contributed by atoms with van der Waals surface area (Å²) in [6.07, 6.45) is 0. The van der Waals surface area contributed by atoms with Crippen LogP contribution in [0.5, 0.6) is 0 Å². The summed E-state index contributed by atoms with van der Waals surface area (Å²) in [5, 5.41) is 3.69. The van der Waals surface area contributed by atoms with Crippen molar-refractivity contribution in [2.45, 2.75) is 19.4 Å². The van der Waals surface area contributed by atoms with Gasteiger partial charge in [-0.3, -0.25) is 9.59 Å². The zero-order chi connectivity index (χ0) is 19.5. The Balaban J connectivity index is 3.06. The fourth-order valence-electron chi connectivity index (χ4n) is 1.12. The molecule has 2 N–H and O–H groups in total. The molecule has 0 spiro atoms. The van der Waals surface area contributed by atoms with E-state index in [1.807, 2.05) is 5.32 Å². The Labute approximate surface area is 116 Å². The molecule has 0 saturated carbocycles. The summed E-state index contributed by atoms with van der Waals surface area (Å²) >= 11 is 0. The van der Waals surface area contributed by atoms with Crippen LogP contribution >= 0.6 is 0 Å². The molecule has 18 heavy (non-hydrogen) atoms. The SMILES string of the molecule is [2H]C([2H])([2H])C(=O)NC(C(=O)NC([2H])([2H])c1ccccc1)C([2H])([2H])OC. The van der Waals surface area contributed by atoms with Gasteiger partial charge in [0, 0.05) is 24.6 Å². The summed E-state index contributed by atoms with van der Waals surface area (Å²) in [6.45, 7) is -8.26. The molecule has 1 aromatic carbocycles. The lowest BCUT2D eigenvalue weighted by Gasteiger charge is -2.16. The van der Waals surface area contributed by atoms with Gasteiger partial charge < -0.3 is 15.4 Å². The predicted octanol–water partition coefficient (Wildman–Crippen LogP) is 0.454. The topological polar surface area (TPSA) is 67.4 Å². The Morgan fingerprint density at radius 2 is 2.17 bits per heavy atom. The van der Waals surface area contributed by atoms with Crippen molar-refractivity contribution >= 4 is 11.8 Å². The summed E-state index contributed by atoms with van der Waals surface area (Å²) in [5.74, 6) is -2.84. The van der Waals surface area contributed by atoms with E-state index < -0.39 is 37.8 Å². The number of methoxy groups -OCH3 is 1. The maximum absolute atomic E-state index is 12.3. The summed E-state index contributed by atoms with van der Waals surface area (Å²) in [4.78, 5) is 23.9. The molecule has 0 radical (unpaired) electrons. The molecule has 0 bridgehead atoms. The van der Waals surface area contributed by atoms with Crippen molar-refractivity contribution in [3.05, 3.63) is 35.9 Å². The van der Waals surface area contributed by atoms with E-state index in [-0.39, 0.29) is 5.56 Å². The third-order valence-electron chi connectivity index (χ3n) is 1.88. The molecule has 1 aromatic rings. The van der Waals surface area contributed by atoms with Crippen LogP contribution < -0.4 is 10.6 Å². The lowest BCUT2D eigenvalue weighted by molar-refractivity contribution is -0.129. The Bertz CT molecular complexity index is 620. The van der Waals surface area contributed by atoms with E-state index in [9.17, 15) is 9.59 Å². The zero-order valence-corrected chi connectivity index (χ0v) is 9.69. The van der Waals surface area contributed by atoms with Crippen LogP contribution in [0.4, 0.5) is 0 Å². The third kappa shape index (κ3) is 4.97. The van der Waals surface area contributed by atoms with E-state index in [4.69, 9.17) is 9.60 Å². The van der Waals surface area contributed by atoms with Crippen LogP contribution in [0.15, 0.2) is 30.3 Å². The van der Waals surface area contributed by atoms with E-state index in [2.05, 4.69) is 4.74 Å². The molecular formula is C13H18N2O3. The minimum atomic E-state index is -3.11. The van der Waals surface area contributed by atoms with Crippen LogP contribution in [0.3, 0.4) is 0 Å². The lowest BCUT2D eigenvalue weighted by Crippen LogP contribution is -2.48. The Hall–Kier alpha value is -1.88. The maximum Gasteiger partial charge on any atom is 0.245 e. The molecule has 5 nitrogen and oxygen atoms in total. The van der Waals surface area contributed by atoms with Gasteiger partial charge in [0.1, 0.15) is 6.04 Å². The predicted molar refractivity (Wildman–Crippen MR) is 67.8 cm³/mol. The summed E-state index contributed by atoms with van der Waals surface area (Å²) in [6, 6.07) is 5.46. The molecule has 98 valence electrons. The van der Waals surface area contributed by atoms with Gasteiger partial charge >= 0.3 is 0 Å². The number of ether oxygens (including phenoxy) is 1. The first-order chi connectivity index (χ1) is 11.3. The van der Waals surface area contributed by atoms with Crippen LogP contribution in [0.1, 0.15) is 22.0 Å². The maximum atomic E-state index is 12.3. The van der Waals surface area contributed by atoms with Gasteiger partial charge in [-0.05, 0) is 5.56 Å². The molecule has 5 heteroatoms. The first-order valence-electron chi connectivity index (χ1n) is 8.55. The monoisotopic (exact) mass is 257 g/mol. The third-order valence-corrected chi connectivity index (χ3v) is 1.88. The average Bonchev–Trinajstić information content (AvgIpc) is 2.51. The Morgan fingerprint density at radius 3 is 2.78 bits per heavy atom. The highest BCUT2D eigenvalue weighted by Gasteiger charge is 2.18. The van der Waals surface area contributed by atoms with Crippen molar-refractivity contribution in [1.29, 1.82) is 0 Å². The van der Waals surface area contributed by atoms with Crippen molar-refractivity contribution in [3.8, 4) is 0 Å². The fraction of sp³-hybridized carbons (Fsp3) is 0.385. The summed E-state index contributed by atoms with van der Waals surface area (Å²) in [7, 11) is 0.924. The quantitative estimate of drug-likeness (QED) is 0.777. The van der Waals surface area contributed by atoms with Crippen molar-refractivity contribution in [2.24, 2.45) is 0 Å². The minimum Gasteiger partial charge on any atom is -0.382 e. The number of amides is 2. The van der Waals surface area contributed by atoms with E-state index in [0.717, 1.165) is 7.11 Å². The van der Waals surface area contributed by atoms with Gasteiger partial charge in [-0.15, -0.1) is 0 Å². The van der Waals surface area contributed by atoms with E-state index in [0.29, 0.717) is 0 Å². The largest absolute Gasteiger partial charge is 0.382 e. The second kappa shape index (κ2) is 7.45. The highest BCUT2D eigenvalue weighted by atomic mass is 16.5.